The van der Waals surface area contributed by atoms with Crippen LogP contribution in [-0.4, -0.2) is 9.78 Å². The Morgan fingerprint density at radius 2 is 2.00 bits per heavy atom. The lowest BCUT2D eigenvalue weighted by Gasteiger charge is -2.07. The fraction of sp³-hybridized carbons (Fsp3) is 0.308. The van der Waals surface area contributed by atoms with E-state index in [1.807, 2.05) is 17.7 Å². The maximum Gasteiger partial charge on any atom is 0.124 e. The number of hydrogen-bond acceptors (Lipinski definition) is 2. The summed E-state index contributed by atoms with van der Waals surface area (Å²) in [5.74, 6) is 0.789. The van der Waals surface area contributed by atoms with Gasteiger partial charge in [0.1, 0.15) is 11.6 Å². The molecule has 0 aliphatic carbocycles. The Morgan fingerprint density at radius 1 is 1.29 bits per heavy atom. The van der Waals surface area contributed by atoms with Gasteiger partial charge >= 0.3 is 0 Å². The second kappa shape index (κ2) is 4.99. The Kier molecular flexibility index (Phi) is 3.42. The van der Waals surface area contributed by atoms with Gasteiger partial charge in [0.15, 0.2) is 0 Å². The van der Waals surface area contributed by atoms with Gasteiger partial charge < -0.3 is 5.32 Å². The molecule has 0 bridgehead atoms. The van der Waals surface area contributed by atoms with Crippen molar-refractivity contribution in [1.29, 1.82) is 0 Å². The van der Waals surface area contributed by atoms with E-state index < -0.39 is 0 Å². The van der Waals surface area contributed by atoms with Crippen LogP contribution in [0.1, 0.15) is 18.2 Å². The minimum Gasteiger partial charge on any atom is -0.366 e. The van der Waals surface area contributed by atoms with Crippen molar-refractivity contribution in [3.8, 4) is 0 Å². The summed E-state index contributed by atoms with van der Waals surface area (Å²) in [7, 11) is 0. The van der Waals surface area contributed by atoms with Crippen LogP contribution in [0.15, 0.2) is 30.3 Å². The van der Waals surface area contributed by atoms with Crippen LogP contribution in [-0.2, 0) is 13.1 Å². The molecule has 0 atom stereocenters. The summed E-state index contributed by atoms with van der Waals surface area (Å²) in [4.78, 5) is 0. The van der Waals surface area contributed by atoms with Crippen LogP contribution in [0.3, 0.4) is 0 Å². The molecular formula is C13H16FN3. The quantitative estimate of drug-likeness (QED) is 0.879. The van der Waals surface area contributed by atoms with E-state index in [-0.39, 0.29) is 5.82 Å². The third kappa shape index (κ3) is 2.84. The van der Waals surface area contributed by atoms with Crippen LogP contribution in [0.4, 0.5) is 10.2 Å². The lowest BCUT2D eigenvalue weighted by Crippen LogP contribution is -2.06. The lowest BCUT2D eigenvalue weighted by molar-refractivity contribution is 0.627. The highest BCUT2D eigenvalue weighted by molar-refractivity contribution is 5.38. The van der Waals surface area contributed by atoms with Crippen LogP contribution >= 0.6 is 0 Å². The van der Waals surface area contributed by atoms with E-state index in [0.29, 0.717) is 6.54 Å². The van der Waals surface area contributed by atoms with Gasteiger partial charge in [-0.05, 0) is 31.5 Å². The molecule has 17 heavy (non-hydrogen) atoms. The van der Waals surface area contributed by atoms with Crippen molar-refractivity contribution in [2.45, 2.75) is 26.9 Å². The van der Waals surface area contributed by atoms with Crippen LogP contribution in [0.2, 0.25) is 0 Å². The third-order valence-electron chi connectivity index (χ3n) is 2.59. The largest absolute Gasteiger partial charge is 0.366 e. The zero-order chi connectivity index (χ0) is 12.3. The van der Waals surface area contributed by atoms with Crippen molar-refractivity contribution in [2.24, 2.45) is 0 Å². The van der Waals surface area contributed by atoms with Gasteiger partial charge in [-0.15, -0.1) is 0 Å². The molecule has 2 aromatic rings. The molecule has 0 saturated heterocycles. The molecule has 1 heterocycles. The molecule has 0 radical (unpaired) electrons. The molecule has 0 fully saturated rings. The molecular weight excluding hydrogens is 217 g/mol. The molecule has 0 aliphatic rings. The molecule has 3 nitrogen and oxygen atoms in total. The summed E-state index contributed by atoms with van der Waals surface area (Å²) in [6, 6.07) is 8.51. The first kappa shape index (κ1) is 11.6. The average Bonchev–Trinajstić information content (AvgIpc) is 2.69. The van der Waals surface area contributed by atoms with E-state index in [9.17, 15) is 4.39 Å². The predicted molar refractivity (Wildman–Crippen MR) is 66.4 cm³/mol. The summed E-state index contributed by atoms with van der Waals surface area (Å²) in [5, 5.41) is 7.65. The fourth-order valence-electron chi connectivity index (χ4n) is 1.72. The second-order valence-electron chi connectivity index (χ2n) is 3.97. The number of aryl methyl sites for hydroxylation is 2. The van der Waals surface area contributed by atoms with Gasteiger partial charge in [-0.25, -0.2) is 9.07 Å². The lowest BCUT2D eigenvalue weighted by atomic mass is 10.2. The number of anilines is 1. The maximum absolute atomic E-state index is 12.7. The van der Waals surface area contributed by atoms with Gasteiger partial charge in [0.25, 0.3) is 0 Å². The van der Waals surface area contributed by atoms with Gasteiger partial charge in [-0.3, -0.25) is 0 Å². The zero-order valence-electron chi connectivity index (χ0n) is 10.1. The Morgan fingerprint density at radius 3 is 2.65 bits per heavy atom. The molecule has 1 N–H and O–H groups in total. The minimum atomic E-state index is -0.205. The smallest absolute Gasteiger partial charge is 0.124 e. The Balaban J connectivity index is 2.04. The van der Waals surface area contributed by atoms with Crippen LogP contribution in [0.25, 0.3) is 0 Å². The molecule has 0 amide bonds. The van der Waals surface area contributed by atoms with E-state index in [0.717, 1.165) is 23.6 Å². The second-order valence-corrected chi connectivity index (χ2v) is 3.97. The van der Waals surface area contributed by atoms with Crippen LogP contribution in [0, 0.1) is 12.7 Å². The van der Waals surface area contributed by atoms with E-state index in [1.165, 1.54) is 12.1 Å². The van der Waals surface area contributed by atoms with E-state index >= 15 is 0 Å². The van der Waals surface area contributed by atoms with Gasteiger partial charge in [0, 0.05) is 19.2 Å². The van der Waals surface area contributed by atoms with Crippen molar-refractivity contribution in [2.75, 3.05) is 5.32 Å². The molecule has 4 heteroatoms. The normalized spacial score (nSPS) is 10.5. The minimum absolute atomic E-state index is 0.205. The fourth-order valence-corrected chi connectivity index (χ4v) is 1.72. The standard InChI is InChI=1S/C13H16FN3/c1-3-17-13(8-10(2)16-17)15-9-11-4-6-12(14)7-5-11/h4-8,15H,3,9H2,1-2H3. The maximum atomic E-state index is 12.7. The Labute approximate surface area is 100 Å². The first-order valence-electron chi connectivity index (χ1n) is 5.72. The third-order valence-corrected chi connectivity index (χ3v) is 2.59. The molecule has 0 aliphatic heterocycles. The molecule has 0 unspecified atom stereocenters. The van der Waals surface area contributed by atoms with Gasteiger partial charge in [0.2, 0.25) is 0 Å². The monoisotopic (exact) mass is 233 g/mol. The van der Waals surface area contributed by atoms with Crippen molar-refractivity contribution in [3.63, 3.8) is 0 Å². The number of nitrogens with one attached hydrogen (secondary N) is 1. The number of hydrogen-bond donors (Lipinski definition) is 1. The number of aromatic nitrogens is 2. The first-order valence-corrected chi connectivity index (χ1v) is 5.72. The molecule has 0 spiro atoms. The number of benzene rings is 1. The number of nitrogens with zero attached hydrogens (tertiary/aromatic N) is 2. The topological polar surface area (TPSA) is 29.9 Å². The molecule has 1 aromatic heterocycles. The predicted octanol–water partition coefficient (Wildman–Crippen LogP) is 2.96. The summed E-state index contributed by atoms with van der Waals surface area (Å²) in [6.07, 6.45) is 0. The first-order chi connectivity index (χ1) is 8.19. The van der Waals surface area contributed by atoms with Crippen LogP contribution < -0.4 is 5.32 Å². The highest BCUT2D eigenvalue weighted by atomic mass is 19.1. The van der Waals surface area contributed by atoms with Crippen molar-refractivity contribution >= 4 is 5.82 Å². The van der Waals surface area contributed by atoms with Crippen molar-refractivity contribution < 1.29 is 4.39 Å². The zero-order valence-corrected chi connectivity index (χ0v) is 10.1. The average molecular weight is 233 g/mol. The van der Waals surface area contributed by atoms with Crippen LogP contribution in [0.5, 0.6) is 0 Å². The van der Waals surface area contributed by atoms with E-state index in [4.69, 9.17) is 0 Å². The number of halogens is 1. The van der Waals surface area contributed by atoms with Gasteiger partial charge in [0.05, 0.1) is 5.69 Å². The Hall–Kier alpha value is -1.84. The summed E-state index contributed by atoms with van der Waals surface area (Å²) in [5.41, 5.74) is 2.04. The number of rotatable bonds is 4. The highest BCUT2D eigenvalue weighted by Gasteiger charge is 2.03. The highest BCUT2D eigenvalue weighted by Crippen LogP contribution is 2.12. The summed E-state index contributed by atoms with van der Waals surface area (Å²) < 4.78 is 14.7. The molecule has 0 saturated carbocycles. The van der Waals surface area contributed by atoms with Gasteiger partial charge in [-0.1, -0.05) is 12.1 Å². The Bertz CT molecular complexity index is 488. The SMILES string of the molecule is CCn1nc(C)cc1NCc1ccc(F)cc1. The molecule has 90 valence electrons. The van der Waals surface area contributed by atoms with E-state index in [1.54, 1.807) is 12.1 Å². The van der Waals surface area contributed by atoms with Gasteiger partial charge in [-0.2, -0.15) is 5.10 Å². The molecule has 1 aromatic carbocycles. The van der Waals surface area contributed by atoms with Crippen molar-refractivity contribution in [3.05, 3.63) is 47.4 Å². The van der Waals surface area contributed by atoms with Crippen molar-refractivity contribution in [1.82, 2.24) is 9.78 Å². The van der Waals surface area contributed by atoms with E-state index in [2.05, 4.69) is 17.3 Å². The summed E-state index contributed by atoms with van der Waals surface area (Å²) in [6.45, 7) is 5.52. The molecule has 2 rings (SSSR count). The summed E-state index contributed by atoms with van der Waals surface area (Å²) >= 11 is 0.